The molecule has 0 spiro atoms. The maximum Gasteiger partial charge on any atom is 0.189 e. The molecule has 0 aliphatic rings. The van der Waals surface area contributed by atoms with Crippen molar-refractivity contribution in [3.05, 3.63) is 65.2 Å². The van der Waals surface area contributed by atoms with Crippen LogP contribution in [0.4, 0.5) is 0 Å². The number of hydrogen-bond donors (Lipinski definition) is 1. The lowest BCUT2D eigenvalue weighted by molar-refractivity contribution is 0.104. The minimum atomic E-state index is -0.227. The van der Waals surface area contributed by atoms with Gasteiger partial charge < -0.3 is 9.84 Å². The van der Waals surface area contributed by atoms with Gasteiger partial charge in [-0.1, -0.05) is 29.8 Å². The average molecular weight is 334 g/mol. The number of unbranched alkanes of at least 4 members (excludes halogenated alkanes) is 2. The minimum Gasteiger partial charge on any atom is -0.507 e. The topological polar surface area (TPSA) is 46.5 Å². The molecule has 2 rings (SSSR count). The van der Waals surface area contributed by atoms with Crippen molar-refractivity contribution < 1.29 is 14.6 Å². The van der Waals surface area contributed by atoms with Gasteiger partial charge >= 0.3 is 0 Å². The molecule has 0 bridgehead atoms. The summed E-state index contributed by atoms with van der Waals surface area (Å²) < 4.78 is 5.64. The van der Waals surface area contributed by atoms with Crippen molar-refractivity contribution in [1.82, 2.24) is 0 Å². The van der Waals surface area contributed by atoms with Gasteiger partial charge in [0.25, 0.3) is 0 Å². The fraction of sp³-hybridized carbons (Fsp3) is 0.227. The fourth-order valence-corrected chi connectivity index (χ4v) is 2.30. The van der Waals surface area contributed by atoms with E-state index in [0.717, 1.165) is 36.1 Å². The summed E-state index contributed by atoms with van der Waals surface area (Å²) in [5.41, 5.74) is 2.13. The lowest BCUT2D eigenvalue weighted by Crippen LogP contribution is -1.97. The Morgan fingerprint density at radius 1 is 1.20 bits per heavy atom. The third kappa shape index (κ3) is 5.86. The second-order valence-electron chi connectivity index (χ2n) is 5.80. The van der Waals surface area contributed by atoms with E-state index in [1.807, 2.05) is 31.2 Å². The second-order valence-corrected chi connectivity index (χ2v) is 5.80. The molecule has 0 radical (unpaired) electrons. The van der Waals surface area contributed by atoms with Crippen LogP contribution in [0.5, 0.6) is 11.5 Å². The lowest BCUT2D eigenvalue weighted by Gasteiger charge is -2.05. The number of terminal acetylenes is 1. The van der Waals surface area contributed by atoms with E-state index in [0.29, 0.717) is 12.2 Å². The number of hydrogen-bond acceptors (Lipinski definition) is 3. The summed E-state index contributed by atoms with van der Waals surface area (Å²) in [4.78, 5) is 12.2. The molecule has 3 nitrogen and oxygen atoms in total. The number of carbonyl (C=O) groups is 1. The summed E-state index contributed by atoms with van der Waals surface area (Å²) in [6, 6.07) is 12.5. The number of rotatable bonds is 8. The molecule has 3 heteroatoms. The summed E-state index contributed by atoms with van der Waals surface area (Å²) in [6.45, 7) is 2.52. The van der Waals surface area contributed by atoms with Crippen LogP contribution in [0.2, 0.25) is 0 Å². The van der Waals surface area contributed by atoms with Crippen molar-refractivity contribution in [2.24, 2.45) is 0 Å². The number of ketones is 1. The van der Waals surface area contributed by atoms with Crippen molar-refractivity contribution in [1.29, 1.82) is 0 Å². The van der Waals surface area contributed by atoms with Crippen LogP contribution in [0.15, 0.2) is 48.5 Å². The summed E-state index contributed by atoms with van der Waals surface area (Å²) in [5, 5.41) is 9.79. The number of phenolic OH excluding ortho intramolecular Hbond substituents is 1. The van der Waals surface area contributed by atoms with Crippen molar-refractivity contribution in [3.63, 3.8) is 0 Å². The Kier molecular flexibility index (Phi) is 6.86. The third-order valence-electron chi connectivity index (χ3n) is 3.71. The number of allylic oxidation sites excluding steroid dienone is 1. The van der Waals surface area contributed by atoms with E-state index in [-0.39, 0.29) is 11.5 Å². The van der Waals surface area contributed by atoms with Gasteiger partial charge in [0.05, 0.1) is 12.2 Å². The highest BCUT2D eigenvalue weighted by atomic mass is 16.5. The van der Waals surface area contributed by atoms with Crippen LogP contribution in [0.25, 0.3) is 6.08 Å². The van der Waals surface area contributed by atoms with Crippen LogP contribution < -0.4 is 4.74 Å². The zero-order valence-corrected chi connectivity index (χ0v) is 14.4. The van der Waals surface area contributed by atoms with Crippen LogP contribution in [0.3, 0.4) is 0 Å². The Bertz CT molecular complexity index is 780. The summed E-state index contributed by atoms with van der Waals surface area (Å²) in [6.07, 6.45) is 11.1. The van der Waals surface area contributed by atoms with E-state index in [2.05, 4.69) is 5.92 Å². The van der Waals surface area contributed by atoms with Crippen molar-refractivity contribution in [2.45, 2.75) is 26.2 Å². The van der Waals surface area contributed by atoms with Gasteiger partial charge in [0.1, 0.15) is 11.5 Å². The number of aryl methyl sites for hydroxylation is 1. The number of benzene rings is 2. The van der Waals surface area contributed by atoms with Gasteiger partial charge in [-0.05, 0) is 55.7 Å². The Hall–Kier alpha value is -2.99. The summed E-state index contributed by atoms with van der Waals surface area (Å²) in [7, 11) is 0. The van der Waals surface area contributed by atoms with Gasteiger partial charge in [-0.15, -0.1) is 12.3 Å². The molecule has 0 unspecified atom stereocenters. The number of aromatic hydroxyl groups is 1. The van der Waals surface area contributed by atoms with Crippen LogP contribution >= 0.6 is 0 Å². The fourth-order valence-electron chi connectivity index (χ4n) is 2.30. The molecule has 1 N–H and O–H groups in total. The Balaban J connectivity index is 1.92. The van der Waals surface area contributed by atoms with E-state index in [4.69, 9.17) is 11.2 Å². The molecule has 2 aromatic rings. The van der Waals surface area contributed by atoms with Gasteiger partial charge in [0, 0.05) is 6.42 Å². The largest absolute Gasteiger partial charge is 0.507 e. The predicted molar refractivity (Wildman–Crippen MR) is 101 cm³/mol. The normalized spacial score (nSPS) is 10.6. The molecule has 25 heavy (non-hydrogen) atoms. The summed E-state index contributed by atoms with van der Waals surface area (Å²) in [5.74, 6) is 3.17. The SMILES string of the molecule is C#CCCCCOc1ccc(/C=C/C(=O)c2cc(C)ccc2O)cc1. The van der Waals surface area contributed by atoms with E-state index in [1.165, 1.54) is 12.1 Å². The van der Waals surface area contributed by atoms with Crippen LogP contribution in [0.1, 0.15) is 40.7 Å². The molecule has 0 aromatic heterocycles. The molecule has 128 valence electrons. The monoisotopic (exact) mass is 334 g/mol. The van der Waals surface area contributed by atoms with Crippen LogP contribution in [-0.2, 0) is 0 Å². The van der Waals surface area contributed by atoms with Gasteiger partial charge in [0.2, 0.25) is 0 Å². The Morgan fingerprint density at radius 2 is 1.96 bits per heavy atom. The first-order valence-electron chi connectivity index (χ1n) is 8.28. The van der Waals surface area contributed by atoms with Crippen molar-refractivity contribution in [2.75, 3.05) is 6.61 Å². The number of phenols is 1. The van der Waals surface area contributed by atoms with Crippen molar-refractivity contribution >= 4 is 11.9 Å². The summed E-state index contributed by atoms with van der Waals surface area (Å²) >= 11 is 0. The zero-order valence-electron chi connectivity index (χ0n) is 14.4. The minimum absolute atomic E-state index is 0.00571. The Labute approximate surface area is 149 Å². The highest BCUT2D eigenvalue weighted by Crippen LogP contribution is 2.20. The highest BCUT2D eigenvalue weighted by Gasteiger charge is 2.08. The number of ether oxygens (including phenoxy) is 1. The van der Waals surface area contributed by atoms with Crippen LogP contribution in [-0.4, -0.2) is 17.5 Å². The van der Waals surface area contributed by atoms with Gasteiger partial charge in [0.15, 0.2) is 5.78 Å². The molecule has 0 saturated carbocycles. The van der Waals surface area contributed by atoms with Crippen molar-refractivity contribution in [3.8, 4) is 23.8 Å². The molecule has 0 fully saturated rings. The first kappa shape index (κ1) is 18.4. The average Bonchev–Trinajstić information content (AvgIpc) is 2.62. The molecular formula is C22H22O3. The maximum absolute atomic E-state index is 12.2. The molecule has 0 amide bonds. The third-order valence-corrected chi connectivity index (χ3v) is 3.71. The predicted octanol–water partition coefficient (Wildman–Crippen LogP) is 4.78. The molecular weight excluding hydrogens is 312 g/mol. The second kappa shape index (κ2) is 9.34. The number of carbonyl (C=O) groups excluding carboxylic acids is 1. The Morgan fingerprint density at radius 3 is 2.68 bits per heavy atom. The molecule has 0 aliphatic heterocycles. The molecule has 0 aliphatic carbocycles. The first-order valence-corrected chi connectivity index (χ1v) is 8.28. The molecule has 2 aromatic carbocycles. The lowest BCUT2D eigenvalue weighted by atomic mass is 10.1. The first-order chi connectivity index (χ1) is 12.1. The van der Waals surface area contributed by atoms with E-state index in [9.17, 15) is 9.90 Å². The van der Waals surface area contributed by atoms with Gasteiger partial charge in [-0.25, -0.2) is 0 Å². The zero-order chi connectivity index (χ0) is 18.1. The van der Waals surface area contributed by atoms with E-state index < -0.39 is 0 Å². The smallest absolute Gasteiger partial charge is 0.189 e. The molecule has 0 heterocycles. The van der Waals surface area contributed by atoms with E-state index >= 15 is 0 Å². The van der Waals surface area contributed by atoms with Gasteiger partial charge in [-0.2, -0.15) is 0 Å². The molecule has 0 atom stereocenters. The quantitative estimate of drug-likeness (QED) is 0.327. The van der Waals surface area contributed by atoms with Crippen LogP contribution in [0, 0.1) is 19.3 Å². The maximum atomic E-state index is 12.2. The van der Waals surface area contributed by atoms with E-state index in [1.54, 1.807) is 18.2 Å². The van der Waals surface area contributed by atoms with Gasteiger partial charge in [-0.3, -0.25) is 4.79 Å². The molecule has 0 saturated heterocycles. The standard InChI is InChI=1S/C22H22O3/c1-3-4-5-6-15-25-19-11-8-18(9-12-19)10-14-22(24)20-16-17(2)7-13-21(20)23/h1,7-14,16,23H,4-6,15H2,2H3/b14-10+. The highest BCUT2D eigenvalue weighted by molar-refractivity contribution is 6.08.